The van der Waals surface area contributed by atoms with Crippen molar-refractivity contribution in [1.82, 2.24) is 30.0 Å². The maximum Gasteiger partial charge on any atom is 0.335 e. The molecule has 2 aliphatic rings. The van der Waals surface area contributed by atoms with Gasteiger partial charge in [0.15, 0.2) is 5.82 Å². The first kappa shape index (κ1) is 44.9. The summed E-state index contributed by atoms with van der Waals surface area (Å²) in [5, 5.41) is 79.1. The van der Waals surface area contributed by atoms with E-state index < -0.39 is 60.7 Å². The van der Waals surface area contributed by atoms with Gasteiger partial charge in [0, 0.05) is 49.2 Å². The van der Waals surface area contributed by atoms with Gasteiger partial charge in [0.1, 0.15) is 30.7 Å². The molecule has 3 amide bonds. The van der Waals surface area contributed by atoms with Crippen molar-refractivity contribution in [3.05, 3.63) is 100 Å². The van der Waals surface area contributed by atoms with Gasteiger partial charge in [-0.3, -0.25) is 24.1 Å². The molecule has 0 spiro atoms. The van der Waals surface area contributed by atoms with Crippen molar-refractivity contribution in [3.63, 3.8) is 0 Å². The number of hydrogen-bond acceptors (Lipinski definition) is 14. The summed E-state index contributed by atoms with van der Waals surface area (Å²) in [6.07, 6.45) is -3.10. The number of carbonyl (C=O) groups is 5. The van der Waals surface area contributed by atoms with Gasteiger partial charge in [-0.1, -0.05) is 23.7 Å². The lowest BCUT2D eigenvalue weighted by Crippen LogP contribution is -2.55. The number of carboxylic acid groups (broad SMARTS) is 2. The Morgan fingerprint density at radius 1 is 0.967 bits per heavy atom. The number of piperazine rings is 1. The van der Waals surface area contributed by atoms with Gasteiger partial charge >= 0.3 is 5.97 Å². The highest BCUT2D eigenvalue weighted by Crippen LogP contribution is 2.37. The Labute approximate surface area is 344 Å². The monoisotopic (exact) mass is 854 g/mol. The number of nitrogens with zero attached hydrogens (tertiary/aromatic N) is 7. The maximum absolute atomic E-state index is 15.3. The Balaban J connectivity index is 0.00000221. The second kappa shape index (κ2) is 20.2. The Kier molecular flexibility index (Phi) is 15.1. The molecule has 2 aliphatic heterocycles. The molecule has 1 saturated heterocycles. The van der Waals surface area contributed by atoms with Crippen molar-refractivity contribution in [3.8, 4) is 5.69 Å². The highest BCUT2D eigenvalue weighted by Gasteiger charge is 2.39. The lowest BCUT2D eigenvalue weighted by molar-refractivity contribution is -0.135. The second-order valence-corrected chi connectivity index (χ2v) is 13.9. The molecule has 5 atom stereocenters. The quantitative estimate of drug-likeness (QED) is 0.0634. The molecule has 6 rings (SSSR count). The van der Waals surface area contributed by atoms with E-state index in [4.69, 9.17) is 26.6 Å². The Hall–Kier alpha value is -6.20. The molecular weight excluding hydrogens is 815 g/mol. The Morgan fingerprint density at radius 3 is 2.30 bits per heavy atom. The summed E-state index contributed by atoms with van der Waals surface area (Å²) in [6, 6.07) is 11.9. The number of nitrogens with one attached hydrogen (secondary N) is 1. The molecule has 318 valence electrons. The number of anilines is 2. The third kappa shape index (κ3) is 10.1. The van der Waals surface area contributed by atoms with Crippen LogP contribution in [-0.2, 0) is 25.6 Å². The highest BCUT2D eigenvalue weighted by molar-refractivity contribution is 6.31. The summed E-state index contributed by atoms with van der Waals surface area (Å²) >= 11 is 6.07. The second-order valence-electron chi connectivity index (χ2n) is 13.5. The Morgan fingerprint density at radius 2 is 1.67 bits per heavy atom. The fraction of sp³-hybridized carbons (Fsp3) is 0.316. The topological polar surface area (TPSA) is 292 Å². The molecule has 20 nitrogen and oxygen atoms in total. The fourth-order valence-electron chi connectivity index (χ4n) is 6.83. The van der Waals surface area contributed by atoms with Crippen LogP contribution in [0.2, 0.25) is 5.02 Å². The summed E-state index contributed by atoms with van der Waals surface area (Å²) in [4.78, 5) is 65.9. The van der Waals surface area contributed by atoms with Crippen LogP contribution in [0.15, 0.2) is 67.0 Å². The van der Waals surface area contributed by atoms with E-state index in [1.54, 1.807) is 23.1 Å². The van der Waals surface area contributed by atoms with Gasteiger partial charge in [0.25, 0.3) is 12.4 Å². The van der Waals surface area contributed by atoms with Gasteiger partial charge in [0.2, 0.25) is 11.8 Å². The predicted molar refractivity (Wildman–Crippen MR) is 208 cm³/mol. The van der Waals surface area contributed by atoms with Crippen LogP contribution in [0, 0.1) is 5.82 Å². The number of hydrogen-bond donors (Lipinski definition) is 8. The average molecular weight is 855 g/mol. The lowest BCUT2D eigenvalue weighted by atomic mass is 9.89. The van der Waals surface area contributed by atoms with E-state index >= 15 is 4.39 Å². The van der Waals surface area contributed by atoms with Gasteiger partial charge in [-0.05, 0) is 76.5 Å². The zero-order valence-electron chi connectivity index (χ0n) is 31.4. The summed E-state index contributed by atoms with van der Waals surface area (Å²) < 4.78 is 16.5. The number of β-amino-alcohol motifs (C(OH)–C–C–N with tert-alkyl or cyclic N) is 1. The molecule has 4 aromatic rings. The van der Waals surface area contributed by atoms with Crippen LogP contribution in [0.5, 0.6) is 0 Å². The van der Waals surface area contributed by atoms with Crippen molar-refractivity contribution in [2.45, 2.75) is 36.9 Å². The number of halogens is 2. The molecule has 60 heavy (non-hydrogen) atoms. The molecule has 3 aromatic carbocycles. The minimum Gasteiger partial charge on any atom is -0.483 e. The standard InChI is InChI=1S/C37H38ClFN8O10.CH2O2/c38-25-9-10-27(47-19-40-42-43-47)24(32(25)39)8-11-30(51)46-13-12-22-23(33(46)36(55)41-21-6-4-20(5-7-21)37(56)57)2-1-3-26(22)45-15-14-44(17-31(45)52)16-28(49)34(53)35(54)29(50)18-48;2-1-3/h1-11,19,28-29,33-35,48-50,53-54H,12-18H2,(H,41,55)(H,56,57);1H,(H,2,3)/b11-8+;/t28-,29+,33?,34+,35+;/m0./s1. The first-order valence-electron chi connectivity index (χ1n) is 18.1. The average Bonchev–Trinajstić information content (AvgIpc) is 3.78. The minimum absolute atomic E-state index is 0.00887. The van der Waals surface area contributed by atoms with Gasteiger partial charge in [-0.25, -0.2) is 9.18 Å². The van der Waals surface area contributed by atoms with Crippen LogP contribution in [0.4, 0.5) is 15.8 Å². The number of fused-ring (bicyclic) bond motifs is 1. The number of aliphatic hydroxyl groups is 5. The zero-order chi connectivity index (χ0) is 43.7. The fourth-order valence-corrected chi connectivity index (χ4v) is 7.00. The number of rotatable bonds is 13. The molecular formula is C38H40ClFN8O12. The number of benzene rings is 3. The Bertz CT molecular complexity index is 2210. The SMILES string of the molecule is O=C(O)c1ccc(NC(=O)C2c3cccc(N4CCN(C[C@H](O)[C@@H](O)[C@H](O)[C@H](O)CO)CC4=O)c3CCN2C(=O)/C=C/c2c(-n3cnnn3)ccc(Cl)c2F)cc1.O=CO. The van der Waals surface area contributed by atoms with E-state index in [1.807, 2.05) is 0 Å². The molecule has 0 radical (unpaired) electrons. The largest absolute Gasteiger partial charge is 0.483 e. The van der Waals surface area contributed by atoms with Crippen LogP contribution in [-0.4, -0.2) is 160 Å². The summed E-state index contributed by atoms with van der Waals surface area (Å²) in [7, 11) is 0. The van der Waals surface area contributed by atoms with Crippen molar-refractivity contribution in [2.24, 2.45) is 0 Å². The normalized spacial score (nSPS) is 17.5. The van der Waals surface area contributed by atoms with E-state index in [1.165, 1.54) is 63.3 Å². The van der Waals surface area contributed by atoms with Crippen LogP contribution < -0.4 is 10.2 Å². The van der Waals surface area contributed by atoms with E-state index in [0.717, 1.165) is 6.08 Å². The third-order valence-corrected chi connectivity index (χ3v) is 10.1. The van der Waals surface area contributed by atoms with Gasteiger partial charge < -0.3 is 50.9 Å². The molecule has 3 heterocycles. The van der Waals surface area contributed by atoms with Crippen LogP contribution in [0.25, 0.3) is 11.8 Å². The van der Waals surface area contributed by atoms with Gasteiger partial charge in [-0.15, -0.1) is 5.10 Å². The van der Waals surface area contributed by atoms with Crippen LogP contribution in [0.3, 0.4) is 0 Å². The maximum atomic E-state index is 15.3. The zero-order valence-corrected chi connectivity index (χ0v) is 32.2. The number of carboxylic acids is 1. The summed E-state index contributed by atoms with van der Waals surface area (Å²) in [6.45, 7) is -1.14. The number of aromatic carboxylic acids is 1. The molecule has 1 fully saturated rings. The molecule has 0 saturated carbocycles. The number of carbonyl (C=O) groups excluding carboxylic acids is 3. The van der Waals surface area contributed by atoms with Crippen molar-refractivity contribution in [1.29, 1.82) is 0 Å². The molecule has 8 N–H and O–H groups in total. The van der Waals surface area contributed by atoms with Crippen molar-refractivity contribution in [2.75, 3.05) is 49.5 Å². The first-order valence-corrected chi connectivity index (χ1v) is 18.5. The van der Waals surface area contributed by atoms with Crippen LogP contribution >= 0.6 is 11.6 Å². The molecule has 0 aliphatic carbocycles. The number of aliphatic hydroxyl groups excluding tert-OH is 5. The number of aromatic nitrogens is 4. The van der Waals surface area contributed by atoms with E-state index in [2.05, 4.69) is 20.8 Å². The summed E-state index contributed by atoms with van der Waals surface area (Å²) in [5.41, 5.74) is 1.82. The van der Waals surface area contributed by atoms with Crippen molar-refractivity contribution >= 4 is 59.2 Å². The van der Waals surface area contributed by atoms with E-state index in [0.29, 0.717) is 16.8 Å². The lowest BCUT2D eigenvalue weighted by Gasteiger charge is -2.40. The highest BCUT2D eigenvalue weighted by atomic mass is 35.5. The van der Waals surface area contributed by atoms with Crippen molar-refractivity contribution < 1.29 is 64.1 Å². The van der Waals surface area contributed by atoms with Gasteiger partial charge in [-0.2, -0.15) is 4.68 Å². The molecule has 22 heteroatoms. The predicted octanol–water partition coefficient (Wildman–Crippen LogP) is -0.284. The molecule has 1 aromatic heterocycles. The summed E-state index contributed by atoms with van der Waals surface area (Å²) in [5.74, 6) is -3.70. The molecule has 1 unspecified atom stereocenters. The molecule has 0 bridgehead atoms. The third-order valence-electron chi connectivity index (χ3n) is 9.79. The van der Waals surface area contributed by atoms with E-state index in [9.17, 15) is 44.7 Å². The smallest absolute Gasteiger partial charge is 0.335 e. The number of amides is 3. The minimum atomic E-state index is -1.82. The van der Waals surface area contributed by atoms with E-state index in [-0.39, 0.29) is 79.0 Å². The van der Waals surface area contributed by atoms with Gasteiger partial charge in [0.05, 0.1) is 35.5 Å². The van der Waals surface area contributed by atoms with Crippen LogP contribution in [0.1, 0.15) is 33.1 Å². The number of tetrazole rings is 1. The first-order chi connectivity index (χ1) is 28.7.